The predicted molar refractivity (Wildman–Crippen MR) is 84.2 cm³/mol. The highest BCUT2D eigenvalue weighted by molar-refractivity contribution is 7.98. The molecule has 2 heterocycles. The molecular weight excluding hydrogens is 306 g/mol. The van der Waals surface area contributed by atoms with Gasteiger partial charge in [0.1, 0.15) is 10.8 Å². The maximum Gasteiger partial charge on any atom is 0.275 e. The first-order valence-electron chi connectivity index (χ1n) is 6.46. The van der Waals surface area contributed by atoms with E-state index in [1.807, 2.05) is 19.1 Å². The lowest BCUT2D eigenvalue weighted by molar-refractivity contribution is 0.475. The molecule has 3 rings (SSSR count). The van der Waals surface area contributed by atoms with Crippen LogP contribution in [0.25, 0.3) is 4.96 Å². The Balaban J connectivity index is 1.83. The molecule has 0 radical (unpaired) electrons. The fraction of sp³-hybridized carbons (Fsp3) is 0.214. The van der Waals surface area contributed by atoms with Crippen LogP contribution in [0.5, 0.6) is 5.75 Å². The predicted octanol–water partition coefficient (Wildman–Crippen LogP) is 2.71. The lowest BCUT2D eigenvalue weighted by atomic mass is 10.3. The number of aryl methyl sites for hydroxylation is 1. The number of benzene rings is 1. The van der Waals surface area contributed by atoms with Crippen molar-refractivity contribution in [2.45, 2.75) is 24.0 Å². The number of nitrogens with zero attached hydrogens (tertiary/aromatic N) is 3. The van der Waals surface area contributed by atoms with Gasteiger partial charge in [0.25, 0.3) is 5.56 Å². The first kappa shape index (κ1) is 14.1. The maximum absolute atomic E-state index is 12.0. The molecule has 0 saturated carbocycles. The summed E-state index contributed by atoms with van der Waals surface area (Å²) < 4.78 is 1.36. The lowest BCUT2D eigenvalue weighted by Gasteiger charge is -2.01. The fourth-order valence-electron chi connectivity index (χ4n) is 1.81. The molecular formula is C14H13N3O2S2. The molecule has 7 heteroatoms. The maximum atomic E-state index is 12.0. The number of hydrogen-bond donors (Lipinski definition) is 1. The summed E-state index contributed by atoms with van der Waals surface area (Å²) in [5.74, 6) is 0.851. The zero-order chi connectivity index (χ0) is 14.8. The number of fused-ring (bicyclic) bond motifs is 1. The van der Waals surface area contributed by atoms with Crippen molar-refractivity contribution in [3.63, 3.8) is 0 Å². The average molecular weight is 319 g/mol. The molecule has 0 spiro atoms. The molecule has 1 aromatic carbocycles. The minimum absolute atomic E-state index is 0.141. The zero-order valence-corrected chi connectivity index (χ0v) is 12.9. The van der Waals surface area contributed by atoms with Crippen molar-refractivity contribution < 1.29 is 5.11 Å². The van der Waals surface area contributed by atoms with Gasteiger partial charge in [-0.1, -0.05) is 18.3 Å². The molecule has 0 saturated heterocycles. The van der Waals surface area contributed by atoms with Crippen LogP contribution in [0.4, 0.5) is 0 Å². The van der Waals surface area contributed by atoms with Crippen LogP contribution in [0.1, 0.15) is 17.6 Å². The largest absolute Gasteiger partial charge is 0.508 e. The molecule has 0 amide bonds. The van der Waals surface area contributed by atoms with Crippen LogP contribution in [0.15, 0.2) is 40.0 Å². The van der Waals surface area contributed by atoms with Gasteiger partial charge in [0, 0.05) is 16.7 Å². The summed E-state index contributed by atoms with van der Waals surface area (Å²) in [4.78, 5) is 18.2. The van der Waals surface area contributed by atoms with Gasteiger partial charge < -0.3 is 5.11 Å². The van der Waals surface area contributed by atoms with Gasteiger partial charge in [-0.15, -0.1) is 11.8 Å². The van der Waals surface area contributed by atoms with Crippen molar-refractivity contribution in [3.8, 4) is 5.75 Å². The Labute approximate surface area is 129 Å². The number of hydrogen-bond acceptors (Lipinski definition) is 6. The molecule has 0 aliphatic carbocycles. The van der Waals surface area contributed by atoms with Crippen molar-refractivity contribution in [1.82, 2.24) is 14.6 Å². The molecule has 21 heavy (non-hydrogen) atoms. The molecule has 0 aliphatic heterocycles. The van der Waals surface area contributed by atoms with E-state index in [-0.39, 0.29) is 11.3 Å². The second-order valence-corrected chi connectivity index (χ2v) is 6.50. The van der Waals surface area contributed by atoms with Crippen LogP contribution in [-0.4, -0.2) is 19.7 Å². The summed E-state index contributed by atoms with van der Waals surface area (Å²) in [5, 5.41) is 14.4. The summed E-state index contributed by atoms with van der Waals surface area (Å²) in [7, 11) is 0. The van der Waals surface area contributed by atoms with Crippen molar-refractivity contribution in [2.75, 3.05) is 0 Å². The molecule has 0 fully saturated rings. The second kappa shape index (κ2) is 5.87. The van der Waals surface area contributed by atoms with Gasteiger partial charge in [0.05, 0.1) is 5.69 Å². The monoisotopic (exact) mass is 319 g/mol. The van der Waals surface area contributed by atoms with Gasteiger partial charge in [0.15, 0.2) is 0 Å². The zero-order valence-electron chi connectivity index (χ0n) is 11.3. The Hall–Kier alpha value is -1.86. The van der Waals surface area contributed by atoms with Crippen LogP contribution in [0.2, 0.25) is 0 Å². The first-order chi connectivity index (χ1) is 10.2. The van der Waals surface area contributed by atoms with Crippen LogP contribution in [-0.2, 0) is 12.2 Å². The second-order valence-electron chi connectivity index (χ2n) is 4.41. The molecule has 108 valence electrons. The summed E-state index contributed by atoms with van der Waals surface area (Å²) in [5.41, 5.74) is 0.599. The van der Waals surface area contributed by atoms with E-state index < -0.39 is 0 Å². The number of phenols is 1. The Kier molecular flexibility index (Phi) is 3.94. The summed E-state index contributed by atoms with van der Waals surface area (Å²) in [6.45, 7) is 2.00. The van der Waals surface area contributed by atoms with E-state index in [0.29, 0.717) is 10.7 Å². The number of thioether (sulfide) groups is 1. The Morgan fingerprint density at radius 2 is 2.10 bits per heavy atom. The van der Waals surface area contributed by atoms with Crippen molar-refractivity contribution in [1.29, 1.82) is 0 Å². The third-order valence-electron chi connectivity index (χ3n) is 2.87. The number of phenolic OH excluding ortho intramolecular Hbond substituents is 1. The Morgan fingerprint density at radius 1 is 1.33 bits per heavy atom. The molecule has 0 unspecified atom stereocenters. The lowest BCUT2D eigenvalue weighted by Crippen LogP contribution is -2.15. The van der Waals surface area contributed by atoms with Gasteiger partial charge in [-0.05, 0) is 30.7 Å². The molecule has 1 N–H and O–H groups in total. The van der Waals surface area contributed by atoms with E-state index in [2.05, 4.69) is 10.1 Å². The molecule has 2 aromatic heterocycles. The number of aromatic nitrogens is 3. The van der Waals surface area contributed by atoms with Crippen LogP contribution < -0.4 is 5.56 Å². The van der Waals surface area contributed by atoms with E-state index in [0.717, 1.165) is 22.0 Å². The van der Waals surface area contributed by atoms with Gasteiger partial charge >= 0.3 is 0 Å². The highest BCUT2D eigenvalue weighted by atomic mass is 32.2. The Bertz CT molecular complexity index is 824. The minimum Gasteiger partial charge on any atom is -0.508 e. The topological polar surface area (TPSA) is 67.5 Å². The standard InChI is InChI=1S/C14H13N3O2S2/c1-2-12-16-17-13(19)7-9(15-14(17)21-12)8-20-11-5-3-10(18)4-6-11/h3-7,18H,2,8H2,1H3. The van der Waals surface area contributed by atoms with Gasteiger partial charge in [-0.3, -0.25) is 4.79 Å². The first-order valence-corrected chi connectivity index (χ1v) is 8.26. The summed E-state index contributed by atoms with van der Waals surface area (Å²) in [6, 6.07) is 8.50. The minimum atomic E-state index is -0.141. The molecule has 3 aromatic rings. The van der Waals surface area contributed by atoms with E-state index in [1.54, 1.807) is 23.9 Å². The Morgan fingerprint density at radius 3 is 2.81 bits per heavy atom. The quantitative estimate of drug-likeness (QED) is 0.749. The number of rotatable bonds is 4. The van der Waals surface area contributed by atoms with Crippen molar-refractivity contribution in [2.24, 2.45) is 0 Å². The van der Waals surface area contributed by atoms with Gasteiger partial charge in [-0.2, -0.15) is 9.61 Å². The fourth-order valence-corrected chi connectivity index (χ4v) is 3.46. The molecule has 0 aliphatic rings. The number of aromatic hydroxyl groups is 1. The van der Waals surface area contributed by atoms with Crippen molar-refractivity contribution >= 4 is 28.1 Å². The molecule has 0 atom stereocenters. The smallest absolute Gasteiger partial charge is 0.275 e. The van der Waals surface area contributed by atoms with E-state index in [9.17, 15) is 9.90 Å². The normalized spacial score (nSPS) is 11.1. The summed E-state index contributed by atoms with van der Waals surface area (Å²) >= 11 is 3.02. The van der Waals surface area contributed by atoms with E-state index in [4.69, 9.17) is 0 Å². The third-order valence-corrected chi connectivity index (χ3v) is 4.96. The van der Waals surface area contributed by atoms with Crippen LogP contribution in [0.3, 0.4) is 0 Å². The molecule has 5 nitrogen and oxygen atoms in total. The van der Waals surface area contributed by atoms with Crippen molar-refractivity contribution in [3.05, 3.63) is 51.4 Å². The van der Waals surface area contributed by atoms with Crippen LogP contribution >= 0.6 is 23.1 Å². The highest BCUT2D eigenvalue weighted by Crippen LogP contribution is 2.24. The third kappa shape index (κ3) is 3.08. The van der Waals surface area contributed by atoms with Crippen LogP contribution in [0, 0.1) is 0 Å². The average Bonchev–Trinajstić information content (AvgIpc) is 2.90. The SMILES string of the molecule is CCc1nn2c(=O)cc(CSc3ccc(O)cc3)nc2s1. The van der Waals surface area contributed by atoms with Gasteiger partial charge in [-0.25, -0.2) is 4.98 Å². The molecule has 0 bridgehead atoms. The van der Waals surface area contributed by atoms with Gasteiger partial charge in [0.2, 0.25) is 4.96 Å². The van der Waals surface area contributed by atoms with E-state index >= 15 is 0 Å². The summed E-state index contributed by atoms with van der Waals surface area (Å²) in [6.07, 6.45) is 0.797. The highest BCUT2D eigenvalue weighted by Gasteiger charge is 2.08. The van der Waals surface area contributed by atoms with E-state index in [1.165, 1.54) is 21.9 Å².